The lowest BCUT2D eigenvalue weighted by molar-refractivity contribution is -0.124. The lowest BCUT2D eigenvalue weighted by Crippen LogP contribution is -2.39. The van der Waals surface area contributed by atoms with Gasteiger partial charge in [-0.1, -0.05) is 19.1 Å². The van der Waals surface area contributed by atoms with Crippen LogP contribution in [0, 0.1) is 12.8 Å². The van der Waals surface area contributed by atoms with Gasteiger partial charge in [-0.05, 0) is 38.6 Å². The first-order valence-electron chi connectivity index (χ1n) is 7.32. The third-order valence-corrected chi connectivity index (χ3v) is 3.39. The van der Waals surface area contributed by atoms with Gasteiger partial charge in [-0.25, -0.2) is 0 Å². The lowest BCUT2D eigenvalue weighted by atomic mass is 10.1. The summed E-state index contributed by atoms with van der Waals surface area (Å²) < 4.78 is 0. The van der Waals surface area contributed by atoms with Crippen molar-refractivity contribution in [1.82, 2.24) is 10.6 Å². The predicted octanol–water partition coefficient (Wildman–Crippen LogP) is 2.64. The van der Waals surface area contributed by atoms with Gasteiger partial charge in [0.1, 0.15) is 0 Å². The van der Waals surface area contributed by atoms with Gasteiger partial charge in [-0.3, -0.25) is 4.79 Å². The number of nitrogens with zero attached hydrogens (tertiary/aromatic N) is 1. The van der Waals surface area contributed by atoms with Gasteiger partial charge >= 0.3 is 0 Å². The highest BCUT2D eigenvalue weighted by Crippen LogP contribution is 2.14. The summed E-state index contributed by atoms with van der Waals surface area (Å²) in [4.78, 5) is 14.1. The minimum Gasteiger partial charge on any atom is -0.370 e. The number of carbonyl (C=O) groups excluding carboxylic acids is 1. The summed E-state index contributed by atoms with van der Waals surface area (Å²) in [5.41, 5.74) is 2.47. The quantitative estimate of drug-likeness (QED) is 0.758. The van der Waals surface area contributed by atoms with E-state index in [1.165, 1.54) is 11.3 Å². The van der Waals surface area contributed by atoms with Crippen molar-refractivity contribution in [3.63, 3.8) is 0 Å². The Hall–Kier alpha value is -0.970. The summed E-state index contributed by atoms with van der Waals surface area (Å²) in [6.07, 6.45) is 0. The van der Waals surface area contributed by atoms with E-state index in [2.05, 4.69) is 53.6 Å². The van der Waals surface area contributed by atoms with Crippen LogP contribution in [0.4, 0.5) is 5.69 Å². The molecule has 4 nitrogen and oxygen atoms in total. The molecule has 0 aliphatic carbocycles. The van der Waals surface area contributed by atoms with E-state index in [0.717, 1.165) is 13.1 Å². The molecule has 0 aliphatic heterocycles. The van der Waals surface area contributed by atoms with E-state index in [0.29, 0.717) is 13.1 Å². The Morgan fingerprint density at radius 2 is 2.00 bits per heavy atom. The number of hydrogen-bond donors (Lipinski definition) is 2. The lowest BCUT2D eigenvalue weighted by Gasteiger charge is -2.24. The molecule has 0 radical (unpaired) electrons. The highest BCUT2D eigenvalue weighted by molar-refractivity contribution is 5.85. The first kappa shape index (κ1) is 23.3. The molecule has 1 aromatic rings. The van der Waals surface area contributed by atoms with Crippen molar-refractivity contribution < 1.29 is 4.79 Å². The molecule has 22 heavy (non-hydrogen) atoms. The number of nitrogens with one attached hydrogen (secondary N) is 2. The molecule has 1 aromatic carbocycles. The molecule has 2 N–H and O–H groups in total. The van der Waals surface area contributed by atoms with Crippen molar-refractivity contribution in [1.29, 1.82) is 0 Å². The smallest absolute Gasteiger partial charge is 0.224 e. The molecule has 0 aromatic heterocycles. The number of hydrogen-bond acceptors (Lipinski definition) is 3. The Morgan fingerprint density at radius 1 is 1.32 bits per heavy atom. The third kappa shape index (κ3) is 7.87. The Kier molecular flexibility index (Phi) is 13.3. The number of amides is 1. The molecule has 1 amide bonds. The van der Waals surface area contributed by atoms with Gasteiger partial charge in [-0.15, -0.1) is 24.8 Å². The van der Waals surface area contributed by atoms with E-state index in [1.54, 1.807) is 0 Å². The van der Waals surface area contributed by atoms with E-state index in [4.69, 9.17) is 0 Å². The summed E-state index contributed by atoms with van der Waals surface area (Å²) >= 11 is 0. The molecule has 0 aliphatic rings. The first-order valence-corrected chi connectivity index (χ1v) is 7.32. The Labute approximate surface area is 146 Å². The number of aryl methyl sites for hydroxylation is 1. The third-order valence-electron chi connectivity index (χ3n) is 3.39. The molecule has 0 heterocycles. The number of likely N-dealkylation sites (N-methyl/N-ethyl adjacent to an activating group) is 1. The van der Waals surface area contributed by atoms with E-state index in [1.807, 2.05) is 14.0 Å². The fourth-order valence-electron chi connectivity index (χ4n) is 2.18. The van der Waals surface area contributed by atoms with Crippen LogP contribution < -0.4 is 15.5 Å². The van der Waals surface area contributed by atoms with Crippen LogP contribution in [-0.4, -0.2) is 39.1 Å². The van der Waals surface area contributed by atoms with Gasteiger partial charge in [0, 0.05) is 37.8 Å². The average molecular weight is 350 g/mol. The summed E-state index contributed by atoms with van der Waals surface area (Å²) in [6.45, 7) is 9.32. The second-order valence-corrected chi connectivity index (χ2v) is 5.17. The molecule has 128 valence electrons. The highest BCUT2D eigenvalue weighted by Gasteiger charge is 2.11. The standard InChI is InChI=1S/C16H27N3O.2ClH/c1-5-19(15-8-6-7-13(2)11-15)10-9-18-16(20)14(3)12-17-4;;/h6-8,11,14,17H,5,9-10,12H2,1-4H3,(H,18,20);2*1H. The molecule has 0 spiro atoms. The van der Waals surface area contributed by atoms with E-state index >= 15 is 0 Å². The van der Waals surface area contributed by atoms with Gasteiger partial charge in [-0.2, -0.15) is 0 Å². The number of carbonyl (C=O) groups is 1. The van der Waals surface area contributed by atoms with Gasteiger partial charge in [0.2, 0.25) is 5.91 Å². The van der Waals surface area contributed by atoms with Crippen LogP contribution in [0.1, 0.15) is 19.4 Å². The minimum absolute atomic E-state index is 0. The summed E-state index contributed by atoms with van der Waals surface area (Å²) in [5.74, 6) is 0.119. The predicted molar refractivity (Wildman–Crippen MR) is 99.7 cm³/mol. The van der Waals surface area contributed by atoms with Crippen LogP contribution in [-0.2, 0) is 4.79 Å². The summed E-state index contributed by atoms with van der Waals surface area (Å²) in [5, 5.41) is 6.02. The van der Waals surface area contributed by atoms with Crippen molar-refractivity contribution in [3.05, 3.63) is 29.8 Å². The second-order valence-electron chi connectivity index (χ2n) is 5.17. The zero-order valence-corrected chi connectivity index (χ0v) is 15.5. The van der Waals surface area contributed by atoms with Crippen LogP contribution in [0.2, 0.25) is 0 Å². The molecule has 1 rings (SSSR count). The highest BCUT2D eigenvalue weighted by atomic mass is 35.5. The van der Waals surface area contributed by atoms with Gasteiger partial charge < -0.3 is 15.5 Å². The van der Waals surface area contributed by atoms with Gasteiger partial charge in [0.05, 0.1) is 0 Å². The van der Waals surface area contributed by atoms with Crippen molar-refractivity contribution in [2.45, 2.75) is 20.8 Å². The fraction of sp³-hybridized carbons (Fsp3) is 0.562. The molecule has 0 fully saturated rings. The number of benzene rings is 1. The van der Waals surface area contributed by atoms with E-state index < -0.39 is 0 Å². The monoisotopic (exact) mass is 349 g/mol. The number of anilines is 1. The normalized spacial score (nSPS) is 10.9. The molecular weight excluding hydrogens is 321 g/mol. The molecule has 1 atom stereocenters. The van der Waals surface area contributed by atoms with Crippen molar-refractivity contribution in [2.75, 3.05) is 38.1 Å². The van der Waals surface area contributed by atoms with Crippen molar-refractivity contribution >= 4 is 36.4 Å². The zero-order valence-electron chi connectivity index (χ0n) is 13.9. The van der Waals surface area contributed by atoms with Crippen LogP contribution in [0.25, 0.3) is 0 Å². The van der Waals surface area contributed by atoms with Crippen LogP contribution in [0.3, 0.4) is 0 Å². The largest absolute Gasteiger partial charge is 0.370 e. The van der Waals surface area contributed by atoms with Crippen LogP contribution >= 0.6 is 24.8 Å². The molecule has 1 unspecified atom stereocenters. The molecule has 0 bridgehead atoms. The SMILES string of the molecule is CCN(CCNC(=O)C(C)CNC)c1cccc(C)c1.Cl.Cl. The van der Waals surface area contributed by atoms with Crippen molar-refractivity contribution in [2.24, 2.45) is 5.92 Å². The minimum atomic E-state index is 0. The topological polar surface area (TPSA) is 44.4 Å². The van der Waals surface area contributed by atoms with Crippen LogP contribution in [0.5, 0.6) is 0 Å². The van der Waals surface area contributed by atoms with Crippen LogP contribution in [0.15, 0.2) is 24.3 Å². The first-order chi connectivity index (χ1) is 9.58. The zero-order chi connectivity index (χ0) is 15.0. The molecule has 6 heteroatoms. The second kappa shape index (κ2) is 12.6. The Bertz CT molecular complexity index is 430. The molecular formula is C16H29Cl2N3O. The fourth-order valence-corrected chi connectivity index (χ4v) is 2.18. The Morgan fingerprint density at radius 3 is 2.55 bits per heavy atom. The maximum absolute atomic E-state index is 11.8. The van der Waals surface area contributed by atoms with E-state index in [9.17, 15) is 4.79 Å². The summed E-state index contributed by atoms with van der Waals surface area (Å²) in [6, 6.07) is 8.45. The number of halogens is 2. The summed E-state index contributed by atoms with van der Waals surface area (Å²) in [7, 11) is 1.86. The average Bonchev–Trinajstić information content (AvgIpc) is 2.43. The molecule has 0 saturated carbocycles. The number of rotatable bonds is 8. The van der Waals surface area contributed by atoms with Gasteiger partial charge in [0.15, 0.2) is 0 Å². The molecule has 0 saturated heterocycles. The van der Waals surface area contributed by atoms with Crippen molar-refractivity contribution in [3.8, 4) is 0 Å². The Balaban J connectivity index is 0. The maximum Gasteiger partial charge on any atom is 0.224 e. The maximum atomic E-state index is 11.8. The van der Waals surface area contributed by atoms with E-state index in [-0.39, 0.29) is 36.6 Å². The van der Waals surface area contributed by atoms with Gasteiger partial charge in [0.25, 0.3) is 0 Å².